The van der Waals surface area contributed by atoms with Gasteiger partial charge in [-0.25, -0.2) is 9.59 Å². The van der Waals surface area contributed by atoms with Crippen molar-refractivity contribution in [2.24, 2.45) is 0 Å². The Morgan fingerprint density at radius 2 is 1.27 bits per heavy atom. The summed E-state index contributed by atoms with van der Waals surface area (Å²) in [6, 6.07) is 8.84. The van der Waals surface area contributed by atoms with Gasteiger partial charge in [-0.3, -0.25) is 5.43 Å². The van der Waals surface area contributed by atoms with E-state index in [1.165, 1.54) is 0 Å². The number of para-hydroxylation sites is 1. The maximum atomic E-state index is 12.2. The number of hydrogen-bond acceptors (Lipinski definition) is 5. The highest BCUT2D eigenvalue weighted by Gasteiger charge is 2.31. The van der Waals surface area contributed by atoms with Gasteiger partial charge in [-0.05, 0) is 53.7 Å². The molecule has 0 fully saturated rings. The molecule has 122 valence electrons. The summed E-state index contributed by atoms with van der Waals surface area (Å²) < 4.78 is 10.5. The lowest BCUT2D eigenvalue weighted by Crippen LogP contribution is -2.46. The summed E-state index contributed by atoms with van der Waals surface area (Å²) in [5.41, 5.74) is 1.82. The molecule has 0 atom stereocenters. The smallest absolute Gasteiger partial charge is 0.439 e. The van der Waals surface area contributed by atoms with Crippen molar-refractivity contribution < 1.29 is 19.1 Å². The fraction of sp³-hybridized carbons (Fsp3) is 0.500. The Balaban J connectivity index is 2.94. The lowest BCUT2D eigenvalue weighted by atomic mass is 10.2. The predicted octanol–water partition coefficient (Wildman–Crippen LogP) is 4.19. The second-order valence-electron chi connectivity index (χ2n) is 6.77. The monoisotopic (exact) mass is 308 g/mol. The van der Waals surface area contributed by atoms with Gasteiger partial charge < -0.3 is 9.47 Å². The first-order chi connectivity index (χ1) is 9.98. The van der Waals surface area contributed by atoms with Crippen LogP contribution in [0, 0.1) is 0 Å². The molecule has 0 unspecified atom stereocenters. The summed E-state index contributed by atoms with van der Waals surface area (Å²) in [6.07, 6.45) is -1.66. The number of nitrogens with zero attached hydrogens (tertiary/aromatic N) is 1. The lowest BCUT2D eigenvalue weighted by Gasteiger charge is -2.29. The van der Waals surface area contributed by atoms with E-state index in [0.717, 1.165) is 5.01 Å². The summed E-state index contributed by atoms with van der Waals surface area (Å²) in [5.74, 6) is 0. The maximum absolute atomic E-state index is 12.2. The van der Waals surface area contributed by atoms with Gasteiger partial charge in [0.05, 0.1) is 5.69 Å². The minimum absolute atomic E-state index is 0.569. The van der Waals surface area contributed by atoms with Crippen LogP contribution in [-0.4, -0.2) is 28.4 Å². The van der Waals surface area contributed by atoms with E-state index in [1.807, 2.05) is 6.07 Å². The van der Waals surface area contributed by atoms with Gasteiger partial charge in [-0.2, -0.15) is 0 Å². The number of ether oxygens (including phenoxy) is 2. The van der Waals surface area contributed by atoms with Gasteiger partial charge in [0.15, 0.2) is 0 Å². The van der Waals surface area contributed by atoms with Crippen LogP contribution in [-0.2, 0) is 9.47 Å². The molecule has 0 radical (unpaired) electrons. The number of imide groups is 1. The van der Waals surface area contributed by atoms with E-state index in [0.29, 0.717) is 5.69 Å². The number of amides is 2. The summed E-state index contributed by atoms with van der Waals surface area (Å²) in [5, 5.41) is 0.728. The number of hydrogen-bond donors (Lipinski definition) is 1. The van der Waals surface area contributed by atoms with Crippen molar-refractivity contribution in [3.8, 4) is 0 Å². The van der Waals surface area contributed by atoms with Crippen LogP contribution >= 0.6 is 0 Å². The molecule has 6 heteroatoms. The molecule has 0 aromatic heterocycles. The zero-order valence-corrected chi connectivity index (χ0v) is 14.0. The normalized spacial score (nSPS) is 11.5. The molecule has 2 amide bonds. The van der Waals surface area contributed by atoms with Gasteiger partial charge in [-0.1, -0.05) is 18.2 Å². The highest BCUT2D eigenvalue weighted by Crippen LogP contribution is 2.16. The molecule has 0 aliphatic rings. The summed E-state index contributed by atoms with van der Waals surface area (Å²) in [6.45, 7) is 10.3. The Hall–Kier alpha value is -2.24. The molecule has 0 saturated heterocycles. The topological polar surface area (TPSA) is 67.9 Å². The zero-order chi connectivity index (χ0) is 17.0. The van der Waals surface area contributed by atoms with Crippen LogP contribution in [0.1, 0.15) is 41.5 Å². The van der Waals surface area contributed by atoms with Crippen LogP contribution < -0.4 is 5.43 Å². The highest BCUT2D eigenvalue weighted by molar-refractivity contribution is 5.89. The molecule has 0 aliphatic heterocycles. The van der Waals surface area contributed by atoms with Crippen molar-refractivity contribution in [2.75, 3.05) is 5.43 Å². The molecule has 1 rings (SSSR count). The molecule has 1 aromatic carbocycles. The molecular weight excluding hydrogens is 284 g/mol. The van der Waals surface area contributed by atoms with Gasteiger partial charge in [0.2, 0.25) is 0 Å². The van der Waals surface area contributed by atoms with Crippen molar-refractivity contribution in [3.63, 3.8) is 0 Å². The minimum atomic E-state index is -0.828. The van der Waals surface area contributed by atoms with Crippen LogP contribution in [0.25, 0.3) is 0 Å². The first-order valence-electron chi connectivity index (χ1n) is 7.06. The van der Waals surface area contributed by atoms with E-state index in [9.17, 15) is 9.59 Å². The average molecular weight is 308 g/mol. The number of benzene rings is 1. The number of rotatable bonds is 2. The Kier molecular flexibility index (Phi) is 5.41. The van der Waals surface area contributed by atoms with Crippen molar-refractivity contribution in [1.82, 2.24) is 5.01 Å². The molecule has 22 heavy (non-hydrogen) atoms. The molecule has 1 N–H and O–H groups in total. The van der Waals surface area contributed by atoms with E-state index in [-0.39, 0.29) is 0 Å². The fourth-order valence-corrected chi connectivity index (χ4v) is 1.42. The number of anilines is 1. The standard InChI is InChI=1S/C16H24N2O4/c1-15(2,3)21-13(19)18(14(20)22-16(4,5)6)17-12-10-8-7-9-11-12/h7-11,17H,1-6H3. The van der Waals surface area contributed by atoms with E-state index in [4.69, 9.17) is 9.47 Å². The molecule has 0 spiro atoms. The van der Waals surface area contributed by atoms with Gasteiger partial charge in [0, 0.05) is 0 Å². The molecule has 0 saturated carbocycles. The highest BCUT2D eigenvalue weighted by atomic mass is 16.6. The number of carbonyl (C=O) groups excluding carboxylic acids is 2. The predicted molar refractivity (Wildman–Crippen MR) is 84.4 cm³/mol. The summed E-state index contributed by atoms with van der Waals surface area (Å²) in [4.78, 5) is 24.5. The number of nitrogens with one attached hydrogen (secondary N) is 1. The third kappa shape index (κ3) is 6.47. The van der Waals surface area contributed by atoms with Crippen molar-refractivity contribution in [2.45, 2.75) is 52.7 Å². The maximum Gasteiger partial charge on any atom is 0.439 e. The first kappa shape index (κ1) is 17.8. The largest absolute Gasteiger partial charge is 0.442 e. The van der Waals surface area contributed by atoms with Crippen LogP contribution in [0.5, 0.6) is 0 Å². The molecule has 0 heterocycles. The van der Waals surface area contributed by atoms with E-state index >= 15 is 0 Å². The Bertz CT molecular complexity index is 487. The van der Waals surface area contributed by atoms with Gasteiger partial charge in [0.1, 0.15) is 11.2 Å². The first-order valence-corrected chi connectivity index (χ1v) is 7.06. The van der Waals surface area contributed by atoms with E-state index in [2.05, 4.69) is 5.43 Å². The Labute approximate surface area is 131 Å². The number of hydrazine groups is 1. The third-order valence-corrected chi connectivity index (χ3v) is 2.17. The van der Waals surface area contributed by atoms with Crippen LogP contribution in [0.15, 0.2) is 30.3 Å². The average Bonchev–Trinajstić information content (AvgIpc) is 2.32. The quantitative estimate of drug-likeness (QED) is 0.830. The summed E-state index contributed by atoms with van der Waals surface area (Å²) in [7, 11) is 0. The van der Waals surface area contributed by atoms with E-state index in [1.54, 1.807) is 65.8 Å². The fourth-order valence-electron chi connectivity index (χ4n) is 1.42. The second kappa shape index (κ2) is 6.68. The van der Waals surface area contributed by atoms with Gasteiger partial charge in [0.25, 0.3) is 0 Å². The second-order valence-corrected chi connectivity index (χ2v) is 6.77. The van der Waals surface area contributed by atoms with Crippen molar-refractivity contribution in [1.29, 1.82) is 0 Å². The number of carbonyl (C=O) groups is 2. The Morgan fingerprint density at radius 3 is 1.64 bits per heavy atom. The minimum Gasteiger partial charge on any atom is -0.442 e. The van der Waals surface area contributed by atoms with Gasteiger partial charge in [-0.15, -0.1) is 5.01 Å². The lowest BCUT2D eigenvalue weighted by molar-refractivity contribution is 0.00643. The summed E-state index contributed by atoms with van der Waals surface area (Å²) >= 11 is 0. The van der Waals surface area contributed by atoms with Crippen LogP contribution in [0.3, 0.4) is 0 Å². The van der Waals surface area contributed by atoms with Gasteiger partial charge >= 0.3 is 12.2 Å². The SMILES string of the molecule is CC(C)(C)OC(=O)N(Nc1ccccc1)C(=O)OC(C)(C)C. The molecule has 6 nitrogen and oxygen atoms in total. The van der Waals surface area contributed by atoms with E-state index < -0.39 is 23.4 Å². The van der Waals surface area contributed by atoms with Crippen LogP contribution in [0.4, 0.5) is 15.3 Å². The zero-order valence-electron chi connectivity index (χ0n) is 14.0. The van der Waals surface area contributed by atoms with Crippen LogP contribution in [0.2, 0.25) is 0 Å². The molecular formula is C16H24N2O4. The van der Waals surface area contributed by atoms with Crippen molar-refractivity contribution in [3.05, 3.63) is 30.3 Å². The van der Waals surface area contributed by atoms with Crippen molar-refractivity contribution >= 4 is 17.9 Å². The third-order valence-electron chi connectivity index (χ3n) is 2.17. The molecule has 0 aliphatic carbocycles. The Morgan fingerprint density at radius 1 is 0.864 bits per heavy atom. The molecule has 0 bridgehead atoms. The molecule has 1 aromatic rings.